The maximum absolute atomic E-state index is 10.6. The van der Waals surface area contributed by atoms with Gasteiger partial charge in [-0.2, -0.15) is 0 Å². The van der Waals surface area contributed by atoms with Crippen molar-refractivity contribution in [2.75, 3.05) is 20.6 Å². The molecule has 1 aliphatic rings. The van der Waals surface area contributed by atoms with E-state index < -0.39 is 6.10 Å². The molecule has 0 bridgehead atoms. The van der Waals surface area contributed by atoms with Gasteiger partial charge in [0, 0.05) is 13.0 Å². The van der Waals surface area contributed by atoms with Crippen LogP contribution in [-0.2, 0) is 6.42 Å². The zero-order chi connectivity index (χ0) is 15.5. The first-order chi connectivity index (χ1) is 10.7. The van der Waals surface area contributed by atoms with Crippen LogP contribution < -0.4 is 0 Å². The Morgan fingerprint density at radius 1 is 1.05 bits per heavy atom. The van der Waals surface area contributed by atoms with E-state index in [-0.39, 0.29) is 0 Å². The average molecular weight is 293 g/mol. The molecule has 114 valence electrons. The van der Waals surface area contributed by atoms with E-state index in [4.69, 9.17) is 0 Å². The lowest BCUT2D eigenvalue weighted by molar-refractivity contribution is 0.179. The summed E-state index contributed by atoms with van der Waals surface area (Å²) in [5, 5.41) is 10.6. The van der Waals surface area contributed by atoms with E-state index in [2.05, 4.69) is 61.5 Å². The van der Waals surface area contributed by atoms with E-state index in [1.807, 2.05) is 12.1 Å². The molecule has 0 aliphatic heterocycles. The zero-order valence-corrected chi connectivity index (χ0v) is 13.3. The van der Waals surface area contributed by atoms with Gasteiger partial charge in [0.2, 0.25) is 0 Å². The van der Waals surface area contributed by atoms with Gasteiger partial charge < -0.3 is 10.0 Å². The molecule has 0 saturated heterocycles. The van der Waals surface area contributed by atoms with Crippen molar-refractivity contribution in [3.63, 3.8) is 0 Å². The fourth-order valence-corrected chi connectivity index (χ4v) is 3.14. The summed E-state index contributed by atoms with van der Waals surface area (Å²) >= 11 is 0. The first-order valence-electron chi connectivity index (χ1n) is 7.87. The number of fused-ring (bicyclic) bond motifs is 2. The van der Waals surface area contributed by atoms with Crippen molar-refractivity contribution >= 4 is 5.57 Å². The molecule has 22 heavy (non-hydrogen) atoms. The Morgan fingerprint density at radius 2 is 1.73 bits per heavy atom. The maximum Gasteiger partial charge on any atom is 0.0836 e. The normalized spacial score (nSPS) is 18.9. The number of hydrogen-bond acceptors (Lipinski definition) is 2. The van der Waals surface area contributed by atoms with E-state index in [1.54, 1.807) is 0 Å². The minimum atomic E-state index is -0.433. The molecule has 0 saturated carbocycles. The Balaban J connectivity index is 2.11. The van der Waals surface area contributed by atoms with E-state index in [9.17, 15) is 5.11 Å². The van der Waals surface area contributed by atoms with E-state index in [1.165, 1.54) is 22.3 Å². The number of benzene rings is 2. The summed E-state index contributed by atoms with van der Waals surface area (Å²) in [6.45, 7) is 1.02. The molecule has 0 heterocycles. The quantitative estimate of drug-likeness (QED) is 0.933. The van der Waals surface area contributed by atoms with Crippen LogP contribution in [0.15, 0.2) is 54.6 Å². The van der Waals surface area contributed by atoms with E-state index in [0.29, 0.717) is 6.42 Å². The Labute approximate surface area is 132 Å². The number of nitrogens with zero attached hydrogens (tertiary/aromatic N) is 1. The van der Waals surface area contributed by atoms with E-state index in [0.717, 1.165) is 18.5 Å². The van der Waals surface area contributed by atoms with Gasteiger partial charge in [0.25, 0.3) is 0 Å². The van der Waals surface area contributed by atoms with Crippen LogP contribution in [0.4, 0.5) is 0 Å². The number of aliphatic hydroxyl groups is 1. The predicted octanol–water partition coefficient (Wildman–Crippen LogP) is 3.66. The van der Waals surface area contributed by atoms with Crippen molar-refractivity contribution in [3.8, 4) is 0 Å². The molecule has 2 heteroatoms. The van der Waals surface area contributed by atoms with Gasteiger partial charge in [0.05, 0.1) is 6.10 Å². The van der Waals surface area contributed by atoms with Crippen LogP contribution in [0.1, 0.15) is 34.8 Å². The molecule has 0 radical (unpaired) electrons. The molecule has 0 unspecified atom stereocenters. The van der Waals surface area contributed by atoms with E-state index >= 15 is 0 Å². The fraction of sp³-hybridized carbons (Fsp3) is 0.300. The van der Waals surface area contributed by atoms with Gasteiger partial charge in [-0.3, -0.25) is 0 Å². The SMILES string of the molecule is CN(C)CCC=C1c2ccccc2C[C@@H](O)c2ccccc21. The Bertz CT molecular complexity index is 688. The minimum absolute atomic E-state index is 0.433. The van der Waals surface area contributed by atoms with Crippen LogP contribution in [0.3, 0.4) is 0 Å². The predicted molar refractivity (Wildman–Crippen MR) is 91.8 cm³/mol. The van der Waals surface area contributed by atoms with Crippen LogP contribution in [-0.4, -0.2) is 30.6 Å². The highest BCUT2D eigenvalue weighted by molar-refractivity contribution is 5.84. The molecule has 2 nitrogen and oxygen atoms in total. The summed E-state index contributed by atoms with van der Waals surface area (Å²) in [5.74, 6) is 0. The lowest BCUT2D eigenvalue weighted by Crippen LogP contribution is -2.12. The molecule has 1 N–H and O–H groups in total. The smallest absolute Gasteiger partial charge is 0.0836 e. The summed E-state index contributed by atoms with van der Waals surface area (Å²) in [4.78, 5) is 2.19. The molecule has 2 aromatic carbocycles. The standard InChI is InChI=1S/C20H23NO/c1-21(2)13-7-12-17-16-9-4-3-8-15(16)14-20(22)19-11-6-5-10-18(17)19/h3-6,8-12,20,22H,7,13-14H2,1-2H3/t20-/m1/s1. The first kappa shape index (κ1) is 15.0. The summed E-state index contributed by atoms with van der Waals surface area (Å²) < 4.78 is 0. The van der Waals surface area contributed by atoms with Crippen molar-refractivity contribution < 1.29 is 5.11 Å². The third-order valence-corrected chi connectivity index (χ3v) is 4.26. The highest BCUT2D eigenvalue weighted by Gasteiger charge is 2.22. The van der Waals surface area contributed by atoms with Gasteiger partial charge in [-0.1, -0.05) is 54.6 Å². The first-order valence-corrected chi connectivity index (χ1v) is 7.87. The van der Waals surface area contributed by atoms with Gasteiger partial charge in [0.15, 0.2) is 0 Å². The lowest BCUT2D eigenvalue weighted by atomic mass is 9.93. The Morgan fingerprint density at radius 3 is 2.50 bits per heavy atom. The van der Waals surface area contributed by atoms with Crippen LogP contribution >= 0.6 is 0 Å². The summed E-state index contributed by atoms with van der Waals surface area (Å²) in [6.07, 6.45) is 3.56. The van der Waals surface area contributed by atoms with Crippen LogP contribution in [0.5, 0.6) is 0 Å². The summed E-state index contributed by atoms with van der Waals surface area (Å²) in [5.41, 5.74) is 5.94. The van der Waals surface area contributed by atoms with Crippen molar-refractivity contribution in [2.24, 2.45) is 0 Å². The van der Waals surface area contributed by atoms with Gasteiger partial charge in [0.1, 0.15) is 0 Å². The molecular weight excluding hydrogens is 270 g/mol. The molecule has 0 fully saturated rings. The second kappa shape index (κ2) is 6.47. The van der Waals surface area contributed by atoms with Gasteiger partial charge in [-0.05, 0) is 48.3 Å². The summed E-state index contributed by atoms with van der Waals surface area (Å²) in [6, 6.07) is 16.7. The highest BCUT2D eigenvalue weighted by Crippen LogP contribution is 2.37. The maximum atomic E-state index is 10.6. The average Bonchev–Trinajstić information content (AvgIpc) is 2.63. The molecule has 2 aromatic rings. The molecule has 0 amide bonds. The minimum Gasteiger partial charge on any atom is -0.388 e. The van der Waals surface area contributed by atoms with Crippen LogP contribution in [0.25, 0.3) is 5.57 Å². The Hall–Kier alpha value is -1.90. The molecule has 1 atom stereocenters. The van der Waals surface area contributed by atoms with Gasteiger partial charge in [-0.15, -0.1) is 0 Å². The number of rotatable bonds is 3. The lowest BCUT2D eigenvalue weighted by Gasteiger charge is -2.14. The highest BCUT2D eigenvalue weighted by atomic mass is 16.3. The molecule has 0 aromatic heterocycles. The van der Waals surface area contributed by atoms with Crippen molar-refractivity contribution in [2.45, 2.75) is 18.9 Å². The van der Waals surface area contributed by atoms with Gasteiger partial charge in [-0.25, -0.2) is 0 Å². The Kier molecular flexibility index (Phi) is 4.41. The van der Waals surface area contributed by atoms with Crippen molar-refractivity contribution in [1.82, 2.24) is 4.90 Å². The third-order valence-electron chi connectivity index (χ3n) is 4.26. The van der Waals surface area contributed by atoms with Crippen molar-refractivity contribution in [1.29, 1.82) is 0 Å². The number of hydrogen-bond donors (Lipinski definition) is 1. The molecule has 3 rings (SSSR count). The monoisotopic (exact) mass is 293 g/mol. The second-order valence-electron chi connectivity index (χ2n) is 6.17. The molecule has 0 spiro atoms. The van der Waals surface area contributed by atoms with Crippen molar-refractivity contribution in [3.05, 3.63) is 76.9 Å². The third kappa shape index (κ3) is 2.99. The fourth-order valence-electron chi connectivity index (χ4n) is 3.14. The number of aliphatic hydroxyl groups excluding tert-OH is 1. The van der Waals surface area contributed by atoms with Gasteiger partial charge >= 0.3 is 0 Å². The van der Waals surface area contributed by atoms with Crippen LogP contribution in [0, 0.1) is 0 Å². The zero-order valence-electron chi connectivity index (χ0n) is 13.3. The molecular formula is C20H23NO. The summed E-state index contributed by atoms with van der Waals surface area (Å²) in [7, 11) is 4.19. The van der Waals surface area contributed by atoms with Crippen LogP contribution in [0.2, 0.25) is 0 Å². The second-order valence-corrected chi connectivity index (χ2v) is 6.17. The topological polar surface area (TPSA) is 23.5 Å². The molecule has 1 aliphatic carbocycles. The largest absolute Gasteiger partial charge is 0.388 e.